The maximum Gasteiger partial charge on any atom is 0.418 e. The van der Waals surface area contributed by atoms with Crippen LogP contribution in [-0.2, 0) is 11.0 Å². The van der Waals surface area contributed by atoms with Crippen molar-refractivity contribution in [2.75, 3.05) is 6.54 Å². The molecule has 1 aromatic carbocycles. The van der Waals surface area contributed by atoms with E-state index in [0.717, 1.165) is 12.1 Å². The van der Waals surface area contributed by atoms with Crippen molar-refractivity contribution in [2.45, 2.75) is 26.1 Å². The number of carbonyl (C=O) groups excluding carboxylic acids is 2. The summed E-state index contributed by atoms with van der Waals surface area (Å²) in [5.41, 5.74) is -2.55. The average molecular weight is 411 g/mol. The van der Waals surface area contributed by atoms with Crippen molar-refractivity contribution in [1.29, 1.82) is 0 Å². The van der Waals surface area contributed by atoms with Crippen molar-refractivity contribution >= 4 is 34.2 Å². The van der Waals surface area contributed by atoms with Crippen molar-refractivity contribution in [3.63, 3.8) is 0 Å². The molecule has 27 heavy (non-hydrogen) atoms. The topological polar surface area (TPSA) is 68.3 Å². The van der Waals surface area contributed by atoms with E-state index in [1.54, 1.807) is 6.92 Å². The third-order valence-corrected chi connectivity index (χ3v) is 3.75. The van der Waals surface area contributed by atoms with Gasteiger partial charge < -0.3 is 10.1 Å². The number of amides is 1. The lowest BCUT2D eigenvalue weighted by Gasteiger charge is -2.14. The summed E-state index contributed by atoms with van der Waals surface area (Å²) < 4.78 is 68.7. The lowest BCUT2D eigenvalue weighted by atomic mass is 10.1. The van der Waals surface area contributed by atoms with Gasteiger partial charge in [-0.15, -0.1) is 0 Å². The largest absolute Gasteiger partial charge is 0.435 e. The number of benzene rings is 1. The summed E-state index contributed by atoms with van der Waals surface area (Å²) in [5, 5.41) is 1.58. The van der Waals surface area contributed by atoms with Gasteiger partial charge >= 0.3 is 12.8 Å². The first-order valence-corrected chi connectivity index (χ1v) is 7.87. The molecule has 0 aliphatic carbocycles. The van der Waals surface area contributed by atoms with Crippen LogP contribution in [0.4, 0.5) is 22.0 Å². The first kappa shape index (κ1) is 20.8. The molecule has 0 unspecified atom stereocenters. The summed E-state index contributed by atoms with van der Waals surface area (Å²) >= 11 is 5.93. The third kappa shape index (κ3) is 5.03. The number of rotatable bonds is 6. The van der Waals surface area contributed by atoms with Gasteiger partial charge in [0, 0.05) is 11.8 Å². The van der Waals surface area contributed by atoms with Crippen LogP contribution in [0, 0.1) is 0 Å². The van der Waals surface area contributed by atoms with E-state index in [-0.39, 0.29) is 29.2 Å². The molecular weight excluding hydrogens is 399 g/mol. The zero-order valence-corrected chi connectivity index (χ0v) is 14.4. The number of pyridine rings is 1. The summed E-state index contributed by atoms with van der Waals surface area (Å²) in [6.45, 7) is -2.08. The molecule has 0 bridgehead atoms. The van der Waals surface area contributed by atoms with Crippen LogP contribution in [0.5, 0.6) is 5.75 Å². The fourth-order valence-corrected chi connectivity index (χ4v) is 2.41. The highest BCUT2D eigenvalue weighted by Crippen LogP contribution is 2.39. The van der Waals surface area contributed by atoms with E-state index in [1.165, 1.54) is 0 Å². The number of carbonyl (C=O) groups is 2. The van der Waals surface area contributed by atoms with Gasteiger partial charge in [0.15, 0.2) is 5.78 Å². The smallest absolute Gasteiger partial charge is 0.418 e. The van der Waals surface area contributed by atoms with E-state index < -0.39 is 41.2 Å². The Kier molecular flexibility index (Phi) is 6.19. The minimum atomic E-state index is -4.97. The molecule has 0 aliphatic rings. The van der Waals surface area contributed by atoms with Gasteiger partial charge in [0.2, 0.25) is 0 Å². The van der Waals surface area contributed by atoms with Gasteiger partial charge in [0.25, 0.3) is 5.91 Å². The Morgan fingerprint density at radius 3 is 2.48 bits per heavy atom. The quantitative estimate of drug-likeness (QED) is 0.724. The molecule has 5 nitrogen and oxygen atoms in total. The van der Waals surface area contributed by atoms with Crippen molar-refractivity contribution in [1.82, 2.24) is 10.3 Å². The molecule has 0 fully saturated rings. The Morgan fingerprint density at radius 1 is 1.26 bits per heavy atom. The number of ether oxygens (including phenoxy) is 1. The predicted octanol–water partition coefficient (Wildman–Crippen LogP) is 4.22. The van der Waals surface area contributed by atoms with Crippen LogP contribution < -0.4 is 10.1 Å². The van der Waals surface area contributed by atoms with E-state index >= 15 is 0 Å². The second kappa shape index (κ2) is 8.03. The Hall–Kier alpha value is -2.49. The van der Waals surface area contributed by atoms with Gasteiger partial charge in [-0.25, -0.2) is 4.98 Å². The minimum Gasteiger partial charge on any atom is -0.435 e. The number of halogens is 6. The van der Waals surface area contributed by atoms with E-state index in [2.05, 4.69) is 15.0 Å². The van der Waals surface area contributed by atoms with Gasteiger partial charge in [-0.3, -0.25) is 9.59 Å². The second-order valence-corrected chi connectivity index (χ2v) is 5.71. The normalized spacial score (nSPS) is 11.7. The summed E-state index contributed by atoms with van der Waals surface area (Å²) in [4.78, 5) is 27.0. The molecule has 0 aliphatic heterocycles. The van der Waals surface area contributed by atoms with Crippen molar-refractivity contribution in [3.8, 4) is 5.75 Å². The van der Waals surface area contributed by atoms with Crippen molar-refractivity contribution < 1.29 is 36.3 Å². The number of alkyl halides is 5. The van der Waals surface area contributed by atoms with Crippen LogP contribution >= 0.6 is 11.6 Å². The molecule has 2 aromatic rings. The molecule has 0 spiro atoms. The predicted molar refractivity (Wildman–Crippen MR) is 86.0 cm³/mol. The highest BCUT2D eigenvalue weighted by atomic mass is 35.5. The van der Waals surface area contributed by atoms with Gasteiger partial charge in [-0.05, 0) is 18.2 Å². The molecule has 0 radical (unpaired) electrons. The number of fused-ring (bicyclic) bond motifs is 1. The standard InChI is InChI=1S/C16H12ClF5N2O3/c1-2-7(25)6-23-14(26)12-5-11(17)9-3-8(27-15(18)19)4-10(13(9)24-12)16(20,21)22/h3-5,15H,2,6H2,1H3,(H,23,26). The van der Waals surface area contributed by atoms with Crippen LogP contribution in [0.2, 0.25) is 5.02 Å². The van der Waals surface area contributed by atoms with Crippen molar-refractivity contribution in [3.05, 3.63) is 34.5 Å². The Bertz CT molecular complexity index is 886. The highest BCUT2D eigenvalue weighted by Gasteiger charge is 2.35. The first-order chi connectivity index (χ1) is 12.5. The van der Waals surface area contributed by atoms with Gasteiger partial charge in [-0.2, -0.15) is 22.0 Å². The summed E-state index contributed by atoms with van der Waals surface area (Å²) in [7, 11) is 0. The molecular formula is C16H12ClF5N2O3. The molecule has 0 saturated heterocycles. The number of aromatic nitrogens is 1. The Labute approximate surface area is 154 Å². The SMILES string of the molecule is CCC(=O)CNC(=O)c1cc(Cl)c2cc(OC(F)F)cc(C(F)(F)F)c2n1. The third-order valence-electron chi connectivity index (χ3n) is 3.44. The molecule has 2 rings (SSSR count). The zero-order valence-electron chi connectivity index (χ0n) is 13.7. The average Bonchev–Trinajstić information content (AvgIpc) is 2.57. The summed E-state index contributed by atoms with van der Waals surface area (Å²) in [6.07, 6.45) is -4.80. The van der Waals surface area contributed by atoms with E-state index in [4.69, 9.17) is 11.6 Å². The van der Waals surface area contributed by atoms with E-state index in [0.29, 0.717) is 6.07 Å². The molecule has 1 aromatic heterocycles. The number of hydrogen-bond donors (Lipinski definition) is 1. The molecule has 146 valence electrons. The van der Waals surface area contributed by atoms with Gasteiger partial charge in [0.05, 0.1) is 22.6 Å². The number of Topliss-reactive ketones (excluding diaryl/α,β-unsaturated/α-hetero) is 1. The fourth-order valence-electron chi connectivity index (χ4n) is 2.16. The second-order valence-electron chi connectivity index (χ2n) is 5.31. The molecule has 1 heterocycles. The lowest BCUT2D eigenvalue weighted by molar-refractivity contribution is -0.136. The highest BCUT2D eigenvalue weighted by molar-refractivity contribution is 6.35. The maximum atomic E-state index is 13.3. The lowest BCUT2D eigenvalue weighted by Crippen LogP contribution is -2.29. The fraction of sp³-hybridized carbons (Fsp3) is 0.312. The number of hydrogen-bond acceptors (Lipinski definition) is 4. The monoisotopic (exact) mass is 410 g/mol. The minimum absolute atomic E-state index is 0.164. The molecule has 1 N–H and O–H groups in total. The van der Waals surface area contributed by atoms with Crippen LogP contribution in [0.3, 0.4) is 0 Å². The van der Waals surface area contributed by atoms with Gasteiger partial charge in [-0.1, -0.05) is 18.5 Å². The summed E-state index contributed by atoms with van der Waals surface area (Å²) in [6, 6.07) is 2.19. The number of ketones is 1. The number of nitrogens with zero attached hydrogens (tertiary/aromatic N) is 1. The Balaban J connectivity index is 2.56. The number of nitrogens with one attached hydrogen (secondary N) is 1. The van der Waals surface area contributed by atoms with Crippen LogP contribution in [0.1, 0.15) is 29.4 Å². The van der Waals surface area contributed by atoms with Crippen LogP contribution in [-0.4, -0.2) is 29.8 Å². The van der Waals surface area contributed by atoms with Crippen LogP contribution in [0.25, 0.3) is 10.9 Å². The van der Waals surface area contributed by atoms with Crippen LogP contribution in [0.15, 0.2) is 18.2 Å². The first-order valence-electron chi connectivity index (χ1n) is 7.49. The molecule has 0 atom stereocenters. The maximum absolute atomic E-state index is 13.3. The van der Waals surface area contributed by atoms with Gasteiger partial charge in [0.1, 0.15) is 11.4 Å². The molecule has 0 saturated carbocycles. The van der Waals surface area contributed by atoms with E-state index in [1.807, 2.05) is 0 Å². The Morgan fingerprint density at radius 2 is 1.93 bits per heavy atom. The summed E-state index contributed by atoms with van der Waals surface area (Å²) in [5.74, 6) is -1.94. The van der Waals surface area contributed by atoms with E-state index in [9.17, 15) is 31.5 Å². The molecule has 1 amide bonds. The van der Waals surface area contributed by atoms with Crippen molar-refractivity contribution in [2.24, 2.45) is 0 Å². The zero-order chi connectivity index (χ0) is 20.4. The molecule has 11 heteroatoms.